The summed E-state index contributed by atoms with van der Waals surface area (Å²) < 4.78 is 75.0. The van der Waals surface area contributed by atoms with E-state index in [4.69, 9.17) is 11.6 Å². The minimum absolute atomic E-state index is 0.120. The van der Waals surface area contributed by atoms with Gasteiger partial charge in [0.25, 0.3) is 0 Å². The highest BCUT2D eigenvalue weighted by Gasteiger charge is 2.29. The Morgan fingerprint density at radius 3 is 2.00 bits per heavy atom. The van der Waals surface area contributed by atoms with Gasteiger partial charge in [-0.3, -0.25) is 0 Å². The van der Waals surface area contributed by atoms with Crippen LogP contribution in [0, 0.1) is 0 Å². The van der Waals surface area contributed by atoms with E-state index < -0.39 is 30.5 Å². The second-order valence-corrected chi connectivity index (χ2v) is 10.4. The van der Waals surface area contributed by atoms with Crippen LogP contribution in [0.25, 0.3) is 0 Å². The highest BCUT2D eigenvalue weighted by molar-refractivity contribution is 7.91. The maximum atomic E-state index is 12.7. The van der Waals surface area contributed by atoms with Gasteiger partial charge in [-0.1, -0.05) is 17.7 Å². The minimum Gasteiger partial charge on any atom is -0.369 e. The van der Waals surface area contributed by atoms with Crippen molar-refractivity contribution in [1.82, 2.24) is 4.31 Å². The Kier molecular flexibility index (Phi) is 5.95. The first-order valence-corrected chi connectivity index (χ1v) is 11.6. The average Bonchev–Trinajstić information content (AvgIpc) is 2.68. The summed E-state index contributed by atoms with van der Waals surface area (Å²) in [6.45, 7) is 1.21. The van der Waals surface area contributed by atoms with Gasteiger partial charge in [0.15, 0.2) is 0 Å². The number of rotatable bonds is 5. The molecule has 0 saturated carbocycles. The molecular formula is C17H17ClF2N2O4S2. The van der Waals surface area contributed by atoms with Gasteiger partial charge in [0, 0.05) is 36.9 Å². The Bertz CT molecular complexity index is 1050. The van der Waals surface area contributed by atoms with Crippen LogP contribution in [0.1, 0.15) is 0 Å². The van der Waals surface area contributed by atoms with Crippen LogP contribution in [0.4, 0.5) is 14.5 Å². The van der Waals surface area contributed by atoms with Gasteiger partial charge in [-0.2, -0.15) is 13.1 Å². The molecule has 6 nitrogen and oxygen atoms in total. The molecule has 1 aliphatic rings. The lowest BCUT2D eigenvalue weighted by Gasteiger charge is -2.35. The number of hydrogen-bond donors (Lipinski definition) is 0. The lowest BCUT2D eigenvalue weighted by atomic mass is 10.2. The van der Waals surface area contributed by atoms with Crippen LogP contribution in [0.15, 0.2) is 58.3 Å². The van der Waals surface area contributed by atoms with Gasteiger partial charge in [0.05, 0.1) is 9.79 Å². The summed E-state index contributed by atoms with van der Waals surface area (Å²) in [6.07, 6.45) is 0. The van der Waals surface area contributed by atoms with Crippen LogP contribution in [0.3, 0.4) is 0 Å². The van der Waals surface area contributed by atoms with Gasteiger partial charge >= 0.3 is 5.76 Å². The predicted molar refractivity (Wildman–Crippen MR) is 102 cm³/mol. The molecule has 0 aliphatic carbocycles. The molecule has 0 radical (unpaired) electrons. The lowest BCUT2D eigenvalue weighted by molar-refractivity contribution is 0.234. The third-order valence-electron chi connectivity index (χ3n) is 4.44. The zero-order chi connectivity index (χ0) is 20.5. The Labute approximate surface area is 167 Å². The number of halogens is 3. The minimum atomic E-state index is -4.64. The summed E-state index contributed by atoms with van der Waals surface area (Å²) in [4.78, 5) is 1.53. The monoisotopic (exact) mass is 450 g/mol. The van der Waals surface area contributed by atoms with Crippen molar-refractivity contribution in [3.63, 3.8) is 0 Å². The van der Waals surface area contributed by atoms with E-state index in [-0.39, 0.29) is 18.0 Å². The van der Waals surface area contributed by atoms with E-state index >= 15 is 0 Å². The lowest BCUT2D eigenvalue weighted by Crippen LogP contribution is -2.48. The van der Waals surface area contributed by atoms with Gasteiger partial charge in [0.2, 0.25) is 19.9 Å². The topological polar surface area (TPSA) is 74.8 Å². The van der Waals surface area contributed by atoms with E-state index in [9.17, 15) is 25.6 Å². The molecule has 0 amide bonds. The molecule has 152 valence electrons. The Morgan fingerprint density at radius 1 is 0.857 bits per heavy atom. The second kappa shape index (κ2) is 7.94. The van der Waals surface area contributed by atoms with Gasteiger partial charge in [-0.05, 0) is 42.5 Å². The zero-order valence-electron chi connectivity index (χ0n) is 14.5. The molecule has 0 N–H and O–H groups in total. The summed E-state index contributed by atoms with van der Waals surface area (Å²) >= 11 is 5.88. The SMILES string of the molecule is O=S(=O)(c1ccc(N2CCN(S(=O)(=O)c3cccc(Cl)c3)CC2)cc1)C(F)F. The fourth-order valence-corrected chi connectivity index (χ4v) is 5.36. The summed E-state index contributed by atoms with van der Waals surface area (Å²) in [5.74, 6) is -3.47. The third kappa shape index (κ3) is 4.14. The highest BCUT2D eigenvalue weighted by atomic mass is 35.5. The van der Waals surface area contributed by atoms with E-state index in [2.05, 4.69) is 0 Å². The second-order valence-electron chi connectivity index (χ2n) is 6.15. The van der Waals surface area contributed by atoms with E-state index in [0.717, 1.165) is 12.1 Å². The number of sulfonamides is 1. The number of piperazine rings is 1. The van der Waals surface area contributed by atoms with Crippen molar-refractivity contribution in [3.8, 4) is 0 Å². The third-order valence-corrected chi connectivity index (χ3v) is 7.97. The molecule has 11 heteroatoms. The predicted octanol–water partition coefficient (Wildman–Crippen LogP) is 2.85. The van der Waals surface area contributed by atoms with Crippen LogP contribution in [0.5, 0.6) is 0 Å². The van der Waals surface area contributed by atoms with Crippen molar-refractivity contribution in [2.45, 2.75) is 15.5 Å². The van der Waals surface area contributed by atoms with Gasteiger partial charge in [0.1, 0.15) is 0 Å². The fraction of sp³-hybridized carbons (Fsp3) is 0.294. The molecule has 0 aromatic heterocycles. The van der Waals surface area contributed by atoms with Crippen molar-refractivity contribution >= 4 is 37.1 Å². The smallest absolute Gasteiger partial charge is 0.341 e. The van der Waals surface area contributed by atoms with E-state index in [1.54, 1.807) is 12.1 Å². The van der Waals surface area contributed by atoms with Crippen molar-refractivity contribution in [1.29, 1.82) is 0 Å². The van der Waals surface area contributed by atoms with Crippen molar-refractivity contribution < 1.29 is 25.6 Å². The average molecular weight is 451 g/mol. The van der Waals surface area contributed by atoms with Crippen molar-refractivity contribution in [2.24, 2.45) is 0 Å². The molecule has 2 aromatic rings. The van der Waals surface area contributed by atoms with Crippen LogP contribution < -0.4 is 4.90 Å². The molecule has 28 heavy (non-hydrogen) atoms. The summed E-state index contributed by atoms with van der Waals surface area (Å²) in [6, 6.07) is 11.2. The molecule has 1 heterocycles. The molecule has 1 saturated heterocycles. The van der Waals surface area contributed by atoms with Gasteiger partial charge in [-0.15, -0.1) is 0 Å². The number of benzene rings is 2. The largest absolute Gasteiger partial charge is 0.369 e. The standard InChI is InChI=1S/C17H17ClF2N2O4S2/c18-13-2-1-3-16(12-13)28(25,26)22-10-8-21(9-11-22)14-4-6-15(7-5-14)27(23,24)17(19)20/h1-7,12,17H,8-11H2. The molecule has 0 bridgehead atoms. The zero-order valence-corrected chi connectivity index (χ0v) is 16.9. The molecule has 0 spiro atoms. The van der Waals surface area contributed by atoms with Gasteiger partial charge in [-0.25, -0.2) is 16.8 Å². The van der Waals surface area contributed by atoms with Crippen molar-refractivity contribution in [2.75, 3.05) is 31.1 Å². The van der Waals surface area contributed by atoms with E-state index in [1.807, 2.05) is 4.90 Å². The summed E-state index contributed by atoms with van der Waals surface area (Å²) in [7, 11) is -8.30. The molecule has 1 aliphatic heterocycles. The van der Waals surface area contributed by atoms with Gasteiger partial charge < -0.3 is 4.90 Å². The maximum absolute atomic E-state index is 12.7. The first-order chi connectivity index (χ1) is 13.1. The number of anilines is 1. The maximum Gasteiger partial charge on any atom is 0.341 e. The fourth-order valence-electron chi connectivity index (χ4n) is 2.91. The Morgan fingerprint density at radius 2 is 1.46 bits per heavy atom. The number of sulfone groups is 1. The van der Waals surface area contributed by atoms with Crippen LogP contribution in [-0.2, 0) is 19.9 Å². The normalized spacial score (nSPS) is 16.5. The molecule has 0 unspecified atom stereocenters. The van der Waals surface area contributed by atoms with E-state index in [1.165, 1.54) is 28.6 Å². The molecule has 1 fully saturated rings. The first-order valence-electron chi connectivity index (χ1n) is 8.25. The quantitative estimate of drug-likeness (QED) is 0.700. The molecule has 3 rings (SSSR count). The number of alkyl halides is 2. The number of hydrogen-bond acceptors (Lipinski definition) is 5. The Balaban J connectivity index is 1.70. The number of nitrogens with zero attached hydrogens (tertiary/aromatic N) is 2. The molecule has 2 aromatic carbocycles. The summed E-state index contributed by atoms with van der Waals surface area (Å²) in [5, 5.41) is 0.332. The van der Waals surface area contributed by atoms with Crippen molar-refractivity contribution in [3.05, 3.63) is 53.6 Å². The highest BCUT2D eigenvalue weighted by Crippen LogP contribution is 2.25. The van der Waals surface area contributed by atoms with E-state index in [0.29, 0.717) is 23.8 Å². The molecule has 0 atom stereocenters. The van der Waals surface area contributed by atoms with Crippen LogP contribution >= 0.6 is 11.6 Å². The van der Waals surface area contributed by atoms with Crippen LogP contribution in [-0.4, -0.2) is 53.1 Å². The first kappa shape index (κ1) is 21.0. The van der Waals surface area contributed by atoms with Crippen LogP contribution in [0.2, 0.25) is 5.02 Å². The Hall–Kier alpha value is -1.75. The molecular weight excluding hydrogens is 434 g/mol. The summed E-state index contributed by atoms with van der Waals surface area (Å²) in [5.41, 5.74) is 0.632.